The highest BCUT2D eigenvalue weighted by Crippen LogP contribution is 2.26. The maximum atomic E-state index is 11.8. The minimum absolute atomic E-state index is 0.104. The summed E-state index contributed by atoms with van der Waals surface area (Å²) in [6.45, 7) is 5.30. The average molecular weight is 298 g/mol. The van der Waals surface area contributed by atoms with E-state index in [4.69, 9.17) is 17.3 Å². The molecule has 2 amide bonds. The van der Waals surface area contributed by atoms with Gasteiger partial charge in [0.25, 0.3) is 0 Å². The van der Waals surface area contributed by atoms with Crippen LogP contribution in [0, 0.1) is 0 Å². The van der Waals surface area contributed by atoms with Crippen molar-refractivity contribution in [2.45, 2.75) is 39.2 Å². The number of hydrogen-bond donors (Lipinski definition) is 3. The highest BCUT2D eigenvalue weighted by atomic mass is 35.5. The Morgan fingerprint density at radius 1 is 1.25 bits per heavy atom. The van der Waals surface area contributed by atoms with E-state index in [-0.39, 0.29) is 18.2 Å². The van der Waals surface area contributed by atoms with Crippen LogP contribution >= 0.6 is 11.6 Å². The van der Waals surface area contributed by atoms with Crippen molar-refractivity contribution in [3.05, 3.63) is 23.2 Å². The first kappa shape index (κ1) is 16.5. The maximum Gasteiger partial charge on any atom is 0.226 e. The van der Waals surface area contributed by atoms with Crippen LogP contribution in [-0.4, -0.2) is 17.4 Å². The number of nitrogens with one attached hydrogen (secondary N) is 2. The molecule has 0 aliphatic rings. The number of rotatable bonds is 5. The molecule has 20 heavy (non-hydrogen) atoms. The van der Waals surface area contributed by atoms with Crippen LogP contribution in [0.25, 0.3) is 0 Å². The summed E-state index contributed by atoms with van der Waals surface area (Å²) in [5.74, 6) is -0.328. The molecule has 4 N–H and O–H groups in total. The third kappa shape index (κ3) is 5.59. The van der Waals surface area contributed by atoms with E-state index in [0.717, 1.165) is 0 Å². The van der Waals surface area contributed by atoms with Crippen molar-refractivity contribution in [1.82, 2.24) is 0 Å². The lowest BCUT2D eigenvalue weighted by molar-refractivity contribution is -0.117. The lowest BCUT2D eigenvalue weighted by Gasteiger charge is -2.18. The second-order valence-electron chi connectivity index (χ2n) is 5.31. The predicted octanol–water partition coefficient (Wildman–Crippen LogP) is 2.75. The SMILES string of the molecule is CCC(=O)Nc1ccc(Cl)c(NC(=O)CC(C)(C)N)c1. The summed E-state index contributed by atoms with van der Waals surface area (Å²) in [4.78, 5) is 23.2. The molecule has 0 radical (unpaired) electrons. The molecule has 0 aromatic heterocycles. The third-order valence-corrected chi connectivity index (χ3v) is 2.79. The van der Waals surface area contributed by atoms with Crippen LogP contribution < -0.4 is 16.4 Å². The molecule has 0 bridgehead atoms. The van der Waals surface area contributed by atoms with E-state index in [2.05, 4.69) is 10.6 Å². The topological polar surface area (TPSA) is 84.2 Å². The Kier molecular flexibility index (Phi) is 5.53. The molecule has 0 unspecified atom stereocenters. The van der Waals surface area contributed by atoms with Crippen LogP contribution in [-0.2, 0) is 9.59 Å². The zero-order chi connectivity index (χ0) is 15.3. The summed E-state index contributed by atoms with van der Waals surface area (Å²) in [5.41, 5.74) is 6.24. The van der Waals surface area contributed by atoms with E-state index in [0.29, 0.717) is 22.8 Å². The molecule has 5 nitrogen and oxygen atoms in total. The van der Waals surface area contributed by atoms with Crippen LogP contribution in [0.2, 0.25) is 5.02 Å². The normalized spacial score (nSPS) is 11.1. The Balaban J connectivity index is 2.81. The fourth-order valence-electron chi connectivity index (χ4n) is 1.56. The lowest BCUT2D eigenvalue weighted by atomic mass is 10.0. The molecule has 6 heteroatoms. The van der Waals surface area contributed by atoms with Gasteiger partial charge in [-0.2, -0.15) is 0 Å². The molecule has 0 aliphatic heterocycles. The maximum absolute atomic E-state index is 11.8. The molecule has 0 fully saturated rings. The number of amides is 2. The number of halogens is 1. The molecular formula is C14H20ClN3O2. The number of hydrogen-bond acceptors (Lipinski definition) is 3. The Hall–Kier alpha value is -1.59. The standard InChI is InChI=1S/C14H20ClN3O2/c1-4-12(19)17-9-5-6-10(15)11(7-9)18-13(20)8-14(2,3)16/h5-7H,4,8,16H2,1-3H3,(H,17,19)(H,18,20). The van der Waals surface area contributed by atoms with Gasteiger partial charge in [0.05, 0.1) is 10.7 Å². The largest absolute Gasteiger partial charge is 0.326 e. The third-order valence-electron chi connectivity index (χ3n) is 2.46. The van der Waals surface area contributed by atoms with Gasteiger partial charge < -0.3 is 16.4 Å². The van der Waals surface area contributed by atoms with Crippen LogP contribution in [0.15, 0.2) is 18.2 Å². The smallest absolute Gasteiger partial charge is 0.226 e. The van der Waals surface area contributed by atoms with Crippen LogP contribution in [0.3, 0.4) is 0 Å². The molecule has 0 saturated heterocycles. The average Bonchev–Trinajstić information content (AvgIpc) is 2.30. The Morgan fingerprint density at radius 2 is 1.90 bits per heavy atom. The molecular weight excluding hydrogens is 278 g/mol. The van der Waals surface area contributed by atoms with Crippen molar-refractivity contribution < 1.29 is 9.59 Å². The van der Waals surface area contributed by atoms with E-state index in [9.17, 15) is 9.59 Å². The van der Waals surface area contributed by atoms with E-state index in [1.165, 1.54) is 0 Å². The van der Waals surface area contributed by atoms with Crippen molar-refractivity contribution >= 4 is 34.8 Å². The van der Waals surface area contributed by atoms with E-state index in [1.54, 1.807) is 39.0 Å². The molecule has 0 atom stereocenters. The summed E-state index contributed by atoms with van der Waals surface area (Å²) in [6.07, 6.45) is 0.556. The van der Waals surface area contributed by atoms with Crippen molar-refractivity contribution in [3.8, 4) is 0 Å². The fourth-order valence-corrected chi connectivity index (χ4v) is 1.72. The number of nitrogens with two attached hydrogens (primary N) is 1. The Morgan fingerprint density at radius 3 is 2.45 bits per heavy atom. The molecule has 0 spiro atoms. The zero-order valence-corrected chi connectivity index (χ0v) is 12.7. The number of carbonyl (C=O) groups is 2. The van der Waals surface area contributed by atoms with Gasteiger partial charge in [-0.15, -0.1) is 0 Å². The van der Waals surface area contributed by atoms with Crippen molar-refractivity contribution in [1.29, 1.82) is 0 Å². The summed E-state index contributed by atoms with van der Waals surface area (Å²) in [5, 5.41) is 5.81. The van der Waals surface area contributed by atoms with Gasteiger partial charge in [0.1, 0.15) is 0 Å². The molecule has 0 aliphatic carbocycles. The molecule has 0 saturated carbocycles. The Bertz CT molecular complexity index is 510. The highest BCUT2D eigenvalue weighted by Gasteiger charge is 2.17. The van der Waals surface area contributed by atoms with Crippen molar-refractivity contribution in [2.24, 2.45) is 5.73 Å². The first-order valence-corrected chi connectivity index (χ1v) is 6.77. The first-order valence-electron chi connectivity index (χ1n) is 6.39. The van der Waals surface area contributed by atoms with Gasteiger partial charge in [0.2, 0.25) is 11.8 Å². The van der Waals surface area contributed by atoms with E-state index in [1.807, 2.05) is 0 Å². The molecule has 0 heterocycles. The number of carbonyl (C=O) groups excluding carboxylic acids is 2. The van der Waals surface area contributed by atoms with Gasteiger partial charge in [-0.1, -0.05) is 18.5 Å². The minimum atomic E-state index is -0.593. The predicted molar refractivity (Wildman–Crippen MR) is 81.9 cm³/mol. The number of benzene rings is 1. The van der Waals surface area contributed by atoms with Gasteiger partial charge in [0.15, 0.2) is 0 Å². The minimum Gasteiger partial charge on any atom is -0.326 e. The fraction of sp³-hybridized carbons (Fsp3) is 0.429. The van der Waals surface area contributed by atoms with Crippen LogP contribution in [0.1, 0.15) is 33.6 Å². The summed E-state index contributed by atoms with van der Waals surface area (Å²) >= 11 is 6.02. The zero-order valence-electron chi connectivity index (χ0n) is 11.9. The van der Waals surface area contributed by atoms with Gasteiger partial charge in [-0.05, 0) is 32.0 Å². The van der Waals surface area contributed by atoms with Crippen LogP contribution in [0.5, 0.6) is 0 Å². The Labute approximate surface area is 123 Å². The van der Waals surface area contributed by atoms with Crippen molar-refractivity contribution in [2.75, 3.05) is 10.6 Å². The quantitative estimate of drug-likeness (QED) is 0.781. The van der Waals surface area contributed by atoms with Crippen molar-refractivity contribution in [3.63, 3.8) is 0 Å². The molecule has 1 aromatic rings. The van der Waals surface area contributed by atoms with Gasteiger partial charge in [-0.3, -0.25) is 9.59 Å². The van der Waals surface area contributed by atoms with Gasteiger partial charge >= 0.3 is 0 Å². The van der Waals surface area contributed by atoms with Crippen LogP contribution in [0.4, 0.5) is 11.4 Å². The molecule has 110 valence electrons. The first-order chi connectivity index (χ1) is 9.21. The molecule has 1 aromatic carbocycles. The second kappa shape index (κ2) is 6.72. The number of anilines is 2. The van der Waals surface area contributed by atoms with Gasteiger partial charge in [-0.25, -0.2) is 0 Å². The molecule has 1 rings (SSSR count). The van der Waals surface area contributed by atoms with E-state index < -0.39 is 5.54 Å². The highest BCUT2D eigenvalue weighted by molar-refractivity contribution is 6.33. The summed E-state index contributed by atoms with van der Waals surface area (Å²) in [6, 6.07) is 4.92. The summed E-state index contributed by atoms with van der Waals surface area (Å²) in [7, 11) is 0. The van der Waals surface area contributed by atoms with Gasteiger partial charge in [0, 0.05) is 24.1 Å². The monoisotopic (exact) mass is 297 g/mol. The van der Waals surface area contributed by atoms with E-state index >= 15 is 0 Å². The summed E-state index contributed by atoms with van der Waals surface area (Å²) < 4.78 is 0. The second-order valence-corrected chi connectivity index (χ2v) is 5.72. The lowest BCUT2D eigenvalue weighted by Crippen LogP contribution is -2.36.